The van der Waals surface area contributed by atoms with Gasteiger partial charge in [-0.3, -0.25) is 9.59 Å². The van der Waals surface area contributed by atoms with Gasteiger partial charge in [-0.15, -0.1) is 0 Å². The zero-order chi connectivity index (χ0) is 15.5. The molecule has 0 spiro atoms. The molecule has 2 aromatic rings. The van der Waals surface area contributed by atoms with Gasteiger partial charge in [0.05, 0.1) is 5.39 Å². The Balaban J connectivity index is 1.84. The topological polar surface area (TPSA) is 79.5 Å². The Kier molecular flexibility index (Phi) is 4.24. The normalized spacial score (nSPS) is 21.7. The molecule has 1 saturated carbocycles. The van der Waals surface area contributed by atoms with Crippen LogP contribution in [0, 0.1) is 5.92 Å². The lowest BCUT2D eigenvalue weighted by Crippen LogP contribution is -2.43. The molecular weight excluding hydrogens is 282 g/mol. The molecule has 1 aliphatic carbocycles. The van der Waals surface area contributed by atoms with Crippen LogP contribution < -0.4 is 10.7 Å². The molecule has 1 aliphatic rings. The highest BCUT2D eigenvalue weighted by Crippen LogP contribution is 2.24. The lowest BCUT2D eigenvalue weighted by molar-refractivity contribution is 0.0846. The van der Waals surface area contributed by atoms with E-state index >= 15 is 0 Å². The van der Waals surface area contributed by atoms with E-state index in [2.05, 4.69) is 5.32 Å². The maximum atomic E-state index is 12.3. The molecule has 0 saturated heterocycles. The van der Waals surface area contributed by atoms with Crippen LogP contribution in [0.4, 0.5) is 0 Å². The fourth-order valence-electron chi connectivity index (χ4n) is 3.07. The van der Waals surface area contributed by atoms with Gasteiger partial charge < -0.3 is 14.8 Å². The van der Waals surface area contributed by atoms with Crippen molar-refractivity contribution >= 4 is 16.9 Å². The van der Waals surface area contributed by atoms with Gasteiger partial charge in [0.15, 0.2) is 11.2 Å². The maximum Gasteiger partial charge on any atom is 0.287 e. The van der Waals surface area contributed by atoms with Crippen LogP contribution in [0.25, 0.3) is 11.0 Å². The molecule has 3 rings (SSSR count). The highest BCUT2D eigenvalue weighted by Gasteiger charge is 2.27. The molecule has 1 aromatic carbocycles. The molecule has 0 aliphatic heterocycles. The SMILES string of the molecule is O=C(NC1CCCCC1CO)c1cc(=O)c2ccccc2o1. The number of carbonyl (C=O) groups excluding carboxylic acids is 1. The van der Waals surface area contributed by atoms with Crippen LogP contribution in [0.5, 0.6) is 0 Å². The Hall–Kier alpha value is -2.14. The minimum atomic E-state index is -0.395. The number of hydrogen-bond acceptors (Lipinski definition) is 4. The average Bonchev–Trinajstić information content (AvgIpc) is 2.55. The van der Waals surface area contributed by atoms with Crippen LogP contribution in [0.1, 0.15) is 36.2 Å². The highest BCUT2D eigenvalue weighted by molar-refractivity contribution is 5.93. The van der Waals surface area contributed by atoms with Crippen molar-refractivity contribution in [1.29, 1.82) is 0 Å². The van der Waals surface area contributed by atoms with E-state index in [9.17, 15) is 14.7 Å². The Morgan fingerprint density at radius 2 is 2.05 bits per heavy atom. The molecule has 0 radical (unpaired) electrons. The highest BCUT2D eigenvalue weighted by atomic mass is 16.3. The van der Waals surface area contributed by atoms with Crippen molar-refractivity contribution in [3.63, 3.8) is 0 Å². The van der Waals surface area contributed by atoms with E-state index in [0.29, 0.717) is 11.0 Å². The van der Waals surface area contributed by atoms with Crippen molar-refractivity contribution in [3.8, 4) is 0 Å². The number of nitrogens with one attached hydrogen (secondary N) is 1. The first-order valence-electron chi connectivity index (χ1n) is 7.63. The quantitative estimate of drug-likeness (QED) is 0.909. The first kappa shape index (κ1) is 14.8. The van der Waals surface area contributed by atoms with Gasteiger partial charge in [-0.1, -0.05) is 25.0 Å². The van der Waals surface area contributed by atoms with Crippen molar-refractivity contribution in [2.24, 2.45) is 5.92 Å². The van der Waals surface area contributed by atoms with E-state index < -0.39 is 5.91 Å². The summed E-state index contributed by atoms with van der Waals surface area (Å²) < 4.78 is 5.54. The fraction of sp³-hybridized carbons (Fsp3) is 0.412. The van der Waals surface area contributed by atoms with Crippen molar-refractivity contribution in [1.82, 2.24) is 5.32 Å². The van der Waals surface area contributed by atoms with Gasteiger partial charge in [0.2, 0.25) is 0 Å². The number of carbonyl (C=O) groups is 1. The van der Waals surface area contributed by atoms with Gasteiger partial charge in [-0.25, -0.2) is 0 Å². The van der Waals surface area contributed by atoms with E-state index in [4.69, 9.17) is 4.42 Å². The second kappa shape index (κ2) is 6.32. The first-order chi connectivity index (χ1) is 10.7. The molecule has 1 fully saturated rings. The van der Waals surface area contributed by atoms with Gasteiger partial charge in [-0.2, -0.15) is 0 Å². The van der Waals surface area contributed by atoms with Crippen molar-refractivity contribution in [2.45, 2.75) is 31.7 Å². The number of hydrogen-bond donors (Lipinski definition) is 2. The summed E-state index contributed by atoms with van der Waals surface area (Å²) in [6.07, 6.45) is 3.85. The zero-order valence-electron chi connectivity index (χ0n) is 12.2. The summed E-state index contributed by atoms with van der Waals surface area (Å²) in [5.74, 6) is -0.302. The number of fused-ring (bicyclic) bond motifs is 1. The van der Waals surface area contributed by atoms with Gasteiger partial charge in [-0.05, 0) is 25.0 Å². The van der Waals surface area contributed by atoms with E-state index in [1.165, 1.54) is 6.07 Å². The number of aliphatic hydroxyl groups excluding tert-OH is 1. The fourth-order valence-corrected chi connectivity index (χ4v) is 3.07. The monoisotopic (exact) mass is 301 g/mol. The predicted molar refractivity (Wildman–Crippen MR) is 82.8 cm³/mol. The third-order valence-electron chi connectivity index (χ3n) is 4.32. The molecule has 2 unspecified atom stereocenters. The van der Waals surface area contributed by atoms with E-state index in [1.54, 1.807) is 24.3 Å². The molecule has 22 heavy (non-hydrogen) atoms. The molecular formula is C17H19NO4. The summed E-state index contributed by atoms with van der Waals surface area (Å²) in [5.41, 5.74) is 0.178. The van der Waals surface area contributed by atoms with E-state index in [0.717, 1.165) is 25.7 Å². The van der Waals surface area contributed by atoms with Crippen LogP contribution >= 0.6 is 0 Å². The number of benzene rings is 1. The summed E-state index contributed by atoms with van der Waals surface area (Å²) in [5, 5.41) is 12.8. The molecule has 2 atom stereocenters. The third kappa shape index (κ3) is 2.90. The Labute approximate surface area is 127 Å². The number of rotatable bonds is 3. The molecule has 5 heteroatoms. The summed E-state index contributed by atoms with van der Waals surface area (Å²) in [7, 11) is 0. The predicted octanol–water partition coefficient (Wildman–Crippen LogP) is 2.07. The van der Waals surface area contributed by atoms with Crippen LogP contribution in [0.2, 0.25) is 0 Å². The lowest BCUT2D eigenvalue weighted by Gasteiger charge is -2.30. The second-order valence-electron chi connectivity index (χ2n) is 5.78. The standard InChI is InChI=1S/C17H19NO4/c19-10-11-5-1-3-7-13(11)18-17(21)16-9-14(20)12-6-2-4-8-15(12)22-16/h2,4,6,8-9,11,13,19H,1,3,5,7,10H2,(H,18,21). The summed E-state index contributed by atoms with van der Waals surface area (Å²) >= 11 is 0. The van der Waals surface area contributed by atoms with Crippen LogP contribution in [-0.2, 0) is 0 Å². The van der Waals surface area contributed by atoms with Crippen molar-refractivity contribution in [2.75, 3.05) is 6.61 Å². The smallest absolute Gasteiger partial charge is 0.287 e. The van der Waals surface area contributed by atoms with Crippen LogP contribution in [-0.4, -0.2) is 23.7 Å². The number of aliphatic hydroxyl groups is 1. The summed E-state index contributed by atoms with van der Waals surface area (Å²) in [6, 6.07) is 8.02. The van der Waals surface area contributed by atoms with Gasteiger partial charge >= 0.3 is 0 Å². The van der Waals surface area contributed by atoms with Gasteiger partial charge in [0, 0.05) is 24.6 Å². The number of para-hydroxylation sites is 1. The Morgan fingerprint density at radius 3 is 2.86 bits per heavy atom. The van der Waals surface area contributed by atoms with Gasteiger partial charge in [0.25, 0.3) is 5.91 Å². The summed E-state index contributed by atoms with van der Waals surface area (Å²) in [6.45, 7) is 0.0621. The van der Waals surface area contributed by atoms with E-state index in [1.807, 2.05) is 0 Å². The molecule has 5 nitrogen and oxygen atoms in total. The van der Waals surface area contributed by atoms with Crippen LogP contribution in [0.15, 0.2) is 39.5 Å². The molecule has 1 heterocycles. The molecule has 0 bridgehead atoms. The zero-order valence-corrected chi connectivity index (χ0v) is 12.2. The largest absolute Gasteiger partial charge is 0.451 e. The average molecular weight is 301 g/mol. The Bertz CT molecular complexity index is 737. The second-order valence-corrected chi connectivity index (χ2v) is 5.78. The van der Waals surface area contributed by atoms with Crippen molar-refractivity contribution < 1.29 is 14.3 Å². The van der Waals surface area contributed by atoms with Crippen molar-refractivity contribution in [3.05, 3.63) is 46.3 Å². The molecule has 1 amide bonds. The van der Waals surface area contributed by atoms with Crippen LogP contribution in [0.3, 0.4) is 0 Å². The maximum absolute atomic E-state index is 12.3. The van der Waals surface area contributed by atoms with Gasteiger partial charge in [0.1, 0.15) is 5.58 Å². The molecule has 1 aromatic heterocycles. The summed E-state index contributed by atoms with van der Waals surface area (Å²) in [4.78, 5) is 24.4. The molecule has 2 N–H and O–H groups in total. The Morgan fingerprint density at radius 1 is 1.27 bits per heavy atom. The molecule has 116 valence electrons. The third-order valence-corrected chi connectivity index (χ3v) is 4.32. The van der Waals surface area contributed by atoms with E-state index in [-0.39, 0.29) is 29.8 Å². The minimum Gasteiger partial charge on any atom is -0.451 e. The lowest BCUT2D eigenvalue weighted by atomic mass is 9.85. The first-order valence-corrected chi connectivity index (χ1v) is 7.63. The minimum absolute atomic E-state index is 0.0194. The number of amides is 1.